The molecule has 3 fully saturated rings. The second-order valence-electron chi connectivity index (χ2n) is 6.29. The molecule has 0 N–H and O–H groups in total. The Kier molecular flexibility index (Phi) is 5.65. The molecule has 0 spiro atoms. The normalized spacial score (nSPS) is 38.6. The SMILES string of the molecule is FC(F)(F)[S+]1C2CCCCC2C2CCCCC21.F[B-](F)(F)F. The Hall–Kier alpha value is -0.0751. The smallest absolute Gasteiger partial charge is 0.418 e. The summed E-state index contributed by atoms with van der Waals surface area (Å²) in [5.74, 6) is 0.831. The Labute approximate surface area is 128 Å². The van der Waals surface area contributed by atoms with Gasteiger partial charge in [-0.25, -0.2) is 0 Å². The minimum atomic E-state index is -6.00. The molecule has 0 nitrogen and oxygen atoms in total. The van der Waals surface area contributed by atoms with E-state index in [1.807, 2.05) is 0 Å². The summed E-state index contributed by atoms with van der Waals surface area (Å²) in [6, 6.07) is 0. The van der Waals surface area contributed by atoms with Crippen LogP contribution < -0.4 is 0 Å². The largest absolute Gasteiger partial charge is 0.673 e. The summed E-state index contributed by atoms with van der Waals surface area (Å²) in [6.07, 6.45) is 8.23. The fourth-order valence-electron chi connectivity index (χ4n) is 4.43. The highest BCUT2D eigenvalue weighted by Gasteiger charge is 2.69. The molecule has 4 atom stereocenters. The maximum atomic E-state index is 13.3. The number of alkyl halides is 3. The van der Waals surface area contributed by atoms with Crippen LogP contribution in [-0.2, 0) is 10.9 Å². The molecule has 0 aromatic carbocycles. The van der Waals surface area contributed by atoms with Gasteiger partial charge in [0.15, 0.2) is 0 Å². The fraction of sp³-hybridized carbons (Fsp3) is 1.00. The molecule has 0 radical (unpaired) electrons. The van der Waals surface area contributed by atoms with E-state index in [9.17, 15) is 30.4 Å². The lowest BCUT2D eigenvalue weighted by Gasteiger charge is -2.27. The van der Waals surface area contributed by atoms with Gasteiger partial charge in [-0.05, 0) is 38.5 Å². The van der Waals surface area contributed by atoms with Crippen LogP contribution in [0.4, 0.5) is 30.4 Å². The molecule has 1 saturated heterocycles. The third-order valence-corrected chi connectivity index (χ3v) is 7.99. The second kappa shape index (κ2) is 6.81. The number of fused-ring (bicyclic) bond motifs is 3. The summed E-state index contributed by atoms with van der Waals surface area (Å²) in [4.78, 5) is 0. The van der Waals surface area contributed by atoms with Gasteiger partial charge in [-0.1, -0.05) is 12.8 Å². The van der Waals surface area contributed by atoms with Crippen LogP contribution in [0.2, 0.25) is 0 Å². The molecule has 9 heteroatoms. The number of hydrogen-bond acceptors (Lipinski definition) is 0. The van der Waals surface area contributed by atoms with Crippen molar-refractivity contribution in [2.75, 3.05) is 0 Å². The Morgan fingerprint density at radius 2 is 1.00 bits per heavy atom. The summed E-state index contributed by atoms with van der Waals surface area (Å²) in [5, 5.41) is -0.00583. The molecule has 1 aliphatic heterocycles. The summed E-state index contributed by atoms with van der Waals surface area (Å²) >= 11 is 0. The highest BCUT2D eigenvalue weighted by Crippen LogP contribution is 2.56. The zero-order valence-electron chi connectivity index (χ0n) is 12.1. The highest BCUT2D eigenvalue weighted by molar-refractivity contribution is 7.99. The van der Waals surface area contributed by atoms with E-state index in [1.54, 1.807) is 0 Å². The minimum absolute atomic E-state index is 0.00292. The zero-order valence-corrected chi connectivity index (χ0v) is 12.9. The van der Waals surface area contributed by atoms with E-state index >= 15 is 0 Å². The third kappa shape index (κ3) is 4.48. The van der Waals surface area contributed by atoms with E-state index in [-0.39, 0.29) is 10.5 Å². The average Bonchev–Trinajstić information content (AvgIpc) is 2.71. The van der Waals surface area contributed by atoms with Gasteiger partial charge in [0.2, 0.25) is 0 Å². The van der Waals surface area contributed by atoms with Gasteiger partial charge in [-0.3, -0.25) is 0 Å². The Morgan fingerprint density at radius 3 is 1.32 bits per heavy atom. The first-order chi connectivity index (χ1) is 10.1. The van der Waals surface area contributed by atoms with E-state index in [1.165, 1.54) is 12.8 Å². The number of rotatable bonds is 0. The monoisotopic (exact) mass is 352 g/mol. The van der Waals surface area contributed by atoms with Crippen molar-refractivity contribution < 1.29 is 30.4 Å². The van der Waals surface area contributed by atoms with Gasteiger partial charge in [0.25, 0.3) is 0 Å². The summed E-state index contributed by atoms with van der Waals surface area (Å²) in [7, 11) is -7.28. The molecule has 130 valence electrons. The molecule has 3 aliphatic rings. The lowest BCUT2D eigenvalue weighted by molar-refractivity contribution is -0.0383. The van der Waals surface area contributed by atoms with Gasteiger partial charge in [0.1, 0.15) is 21.4 Å². The van der Waals surface area contributed by atoms with Crippen LogP contribution in [0.5, 0.6) is 0 Å². The Morgan fingerprint density at radius 1 is 0.682 bits per heavy atom. The van der Waals surface area contributed by atoms with Gasteiger partial charge >= 0.3 is 12.8 Å². The number of halogens is 7. The minimum Gasteiger partial charge on any atom is -0.418 e. The van der Waals surface area contributed by atoms with Gasteiger partial charge < -0.3 is 17.3 Å². The zero-order chi connectivity index (χ0) is 16.5. The summed E-state index contributed by atoms with van der Waals surface area (Å²) < 4.78 is 78.9. The van der Waals surface area contributed by atoms with E-state index in [2.05, 4.69) is 0 Å². The van der Waals surface area contributed by atoms with Crippen molar-refractivity contribution in [1.29, 1.82) is 0 Å². The molecule has 22 heavy (non-hydrogen) atoms. The quantitative estimate of drug-likeness (QED) is 0.304. The van der Waals surface area contributed by atoms with E-state index in [0.717, 1.165) is 38.5 Å². The molecular weight excluding hydrogens is 332 g/mol. The maximum Gasteiger partial charge on any atom is 0.673 e. The van der Waals surface area contributed by atoms with Crippen LogP contribution in [0.3, 0.4) is 0 Å². The van der Waals surface area contributed by atoms with E-state index < -0.39 is 23.7 Å². The van der Waals surface area contributed by atoms with Crippen LogP contribution in [-0.4, -0.2) is 23.3 Å². The van der Waals surface area contributed by atoms with Crippen LogP contribution in [0, 0.1) is 11.8 Å². The third-order valence-electron chi connectivity index (χ3n) is 4.98. The second-order valence-corrected chi connectivity index (χ2v) is 8.70. The van der Waals surface area contributed by atoms with Crippen molar-refractivity contribution in [2.45, 2.75) is 67.4 Å². The first kappa shape index (κ1) is 18.3. The fourth-order valence-corrected chi connectivity index (χ4v) is 7.83. The lowest BCUT2D eigenvalue weighted by atomic mass is 9.73. The predicted octanol–water partition coefficient (Wildman–Crippen LogP) is 5.56. The van der Waals surface area contributed by atoms with Crippen molar-refractivity contribution in [1.82, 2.24) is 0 Å². The lowest BCUT2D eigenvalue weighted by Crippen LogP contribution is -2.39. The highest BCUT2D eigenvalue weighted by atomic mass is 32.2. The molecule has 2 aliphatic carbocycles. The maximum absolute atomic E-state index is 13.3. The van der Waals surface area contributed by atoms with Crippen LogP contribution in [0.15, 0.2) is 0 Å². The molecule has 0 bridgehead atoms. The molecule has 3 rings (SSSR count). The van der Waals surface area contributed by atoms with Crippen LogP contribution in [0.25, 0.3) is 0 Å². The van der Waals surface area contributed by atoms with Crippen LogP contribution >= 0.6 is 0 Å². The first-order valence-corrected chi connectivity index (χ1v) is 9.10. The summed E-state index contributed by atoms with van der Waals surface area (Å²) in [6.45, 7) is 0. The van der Waals surface area contributed by atoms with E-state index in [0.29, 0.717) is 11.8 Å². The molecule has 0 amide bonds. The van der Waals surface area contributed by atoms with Gasteiger partial charge in [-0.2, -0.15) is 0 Å². The molecular formula is C13H20BF7S. The molecule has 1 heterocycles. The van der Waals surface area contributed by atoms with Gasteiger partial charge in [0, 0.05) is 11.8 Å². The van der Waals surface area contributed by atoms with Crippen molar-refractivity contribution >= 4 is 18.1 Å². The average molecular weight is 352 g/mol. The summed E-state index contributed by atoms with van der Waals surface area (Å²) in [5.41, 5.74) is -3.92. The topological polar surface area (TPSA) is 0 Å². The molecule has 4 unspecified atom stereocenters. The van der Waals surface area contributed by atoms with Crippen molar-refractivity contribution in [3.05, 3.63) is 0 Å². The van der Waals surface area contributed by atoms with Crippen LogP contribution in [0.1, 0.15) is 51.4 Å². The Bertz CT molecular complexity index is 342. The van der Waals surface area contributed by atoms with Crippen molar-refractivity contribution in [3.8, 4) is 0 Å². The first-order valence-electron chi connectivity index (χ1n) is 7.75. The number of hydrogen-bond donors (Lipinski definition) is 0. The van der Waals surface area contributed by atoms with E-state index in [4.69, 9.17) is 0 Å². The van der Waals surface area contributed by atoms with Crippen molar-refractivity contribution in [2.24, 2.45) is 11.8 Å². The molecule has 2 saturated carbocycles. The Balaban J connectivity index is 0.000000309. The molecule has 0 aromatic heterocycles. The van der Waals surface area contributed by atoms with Gasteiger partial charge in [0.05, 0.1) is 0 Å². The standard InChI is InChI=1S/C13H20F3S.BF4/c14-13(15,16)17-11-7-3-1-5-9(11)10-6-2-4-8-12(10)17;2-1(3,4)5/h9-12H,1-8H2;/q+1;-1. The predicted molar refractivity (Wildman–Crippen MR) is 75.1 cm³/mol. The van der Waals surface area contributed by atoms with Gasteiger partial charge in [-0.15, -0.1) is 13.2 Å². The molecule has 0 aromatic rings. The van der Waals surface area contributed by atoms with Crippen molar-refractivity contribution in [3.63, 3.8) is 0 Å².